The molecule has 2 heterocycles. The maximum absolute atomic E-state index is 13.1. The van der Waals surface area contributed by atoms with E-state index in [2.05, 4.69) is 15.4 Å². The van der Waals surface area contributed by atoms with Crippen LogP contribution in [0, 0.1) is 0 Å². The predicted octanol–water partition coefficient (Wildman–Crippen LogP) is 5.23. The van der Waals surface area contributed by atoms with Crippen LogP contribution in [0.2, 0.25) is 5.02 Å². The largest absolute Gasteiger partial charge is 0.416 e. The Morgan fingerprint density at radius 3 is 2.71 bits per heavy atom. The third-order valence-corrected chi connectivity index (χ3v) is 5.90. The highest BCUT2D eigenvalue weighted by atomic mass is 35.5. The normalized spacial score (nSPS) is 18.1. The third kappa shape index (κ3) is 4.04. The van der Waals surface area contributed by atoms with Crippen LogP contribution in [-0.4, -0.2) is 20.7 Å². The van der Waals surface area contributed by atoms with Crippen molar-refractivity contribution in [2.75, 3.05) is 0 Å². The SMILES string of the molecule is O=C(NC1CCc2nn(-c3ccnc(C4CC4)c3)cc21)c1cc(Cl)cc(C(F)(F)F)c1. The summed E-state index contributed by atoms with van der Waals surface area (Å²) in [5, 5.41) is 7.34. The number of fused-ring (bicyclic) bond motifs is 1. The average molecular weight is 447 g/mol. The summed E-state index contributed by atoms with van der Waals surface area (Å²) in [7, 11) is 0. The number of aromatic nitrogens is 3. The second-order valence-electron chi connectivity index (χ2n) is 7.98. The zero-order chi connectivity index (χ0) is 21.8. The van der Waals surface area contributed by atoms with Gasteiger partial charge in [0.25, 0.3) is 5.91 Å². The van der Waals surface area contributed by atoms with E-state index in [1.54, 1.807) is 10.9 Å². The average Bonchev–Trinajstić information content (AvgIpc) is 3.39. The number of alkyl halides is 3. The van der Waals surface area contributed by atoms with E-state index in [4.69, 9.17) is 11.6 Å². The lowest BCUT2D eigenvalue weighted by Crippen LogP contribution is -2.27. The molecule has 5 nitrogen and oxygen atoms in total. The molecule has 1 saturated carbocycles. The number of nitrogens with zero attached hydrogens (tertiary/aromatic N) is 3. The standard InChI is InChI=1S/C22H18ClF3N4O/c23-15-8-13(7-14(9-15)22(24,25)26)21(31)28-18-3-4-19-17(18)11-30(29-19)16-5-6-27-20(10-16)12-1-2-12/h5-12,18H,1-4H2,(H,28,31). The van der Waals surface area contributed by atoms with Crippen molar-refractivity contribution in [2.45, 2.75) is 43.8 Å². The van der Waals surface area contributed by atoms with E-state index < -0.39 is 17.6 Å². The van der Waals surface area contributed by atoms with Gasteiger partial charge in [-0.3, -0.25) is 9.78 Å². The van der Waals surface area contributed by atoms with Gasteiger partial charge in [-0.1, -0.05) is 11.6 Å². The quantitative estimate of drug-likeness (QED) is 0.596. The van der Waals surface area contributed by atoms with Crippen molar-refractivity contribution in [1.82, 2.24) is 20.1 Å². The van der Waals surface area contributed by atoms with Gasteiger partial charge in [-0.05, 0) is 56.0 Å². The number of halogens is 4. The smallest absolute Gasteiger partial charge is 0.345 e. The molecule has 0 spiro atoms. The van der Waals surface area contributed by atoms with E-state index in [0.29, 0.717) is 18.8 Å². The van der Waals surface area contributed by atoms with Gasteiger partial charge in [0, 0.05) is 40.2 Å². The van der Waals surface area contributed by atoms with Crippen molar-refractivity contribution in [3.05, 3.63) is 75.8 Å². The highest BCUT2D eigenvalue weighted by Crippen LogP contribution is 2.39. The molecule has 0 saturated heterocycles. The summed E-state index contributed by atoms with van der Waals surface area (Å²) in [6, 6.07) is 6.44. The summed E-state index contributed by atoms with van der Waals surface area (Å²) in [5.41, 5.74) is 2.63. The Morgan fingerprint density at radius 1 is 1.16 bits per heavy atom. The maximum Gasteiger partial charge on any atom is 0.416 e. The first kappa shape index (κ1) is 20.1. The molecule has 1 atom stereocenters. The van der Waals surface area contributed by atoms with Crippen LogP contribution in [-0.2, 0) is 12.6 Å². The molecule has 1 aromatic carbocycles. The molecule has 1 N–H and O–H groups in total. The van der Waals surface area contributed by atoms with Crippen LogP contribution in [0.3, 0.4) is 0 Å². The van der Waals surface area contributed by atoms with E-state index in [1.165, 1.54) is 6.07 Å². The maximum atomic E-state index is 13.1. The molecule has 160 valence electrons. The molecule has 5 rings (SSSR count). The number of amides is 1. The van der Waals surface area contributed by atoms with E-state index in [0.717, 1.165) is 47.6 Å². The molecule has 2 aliphatic carbocycles. The number of aryl methyl sites for hydroxylation is 1. The summed E-state index contributed by atoms with van der Waals surface area (Å²) in [6.45, 7) is 0. The number of nitrogens with one attached hydrogen (secondary N) is 1. The molecule has 0 bridgehead atoms. The number of carbonyl (C=O) groups excluding carboxylic acids is 1. The molecular formula is C22H18ClF3N4O. The van der Waals surface area contributed by atoms with Crippen LogP contribution in [0.1, 0.15) is 64.1 Å². The Balaban J connectivity index is 1.37. The molecule has 9 heteroatoms. The van der Waals surface area contributed by atoms with Crippen LogP contribution in [0.25, 0.3) is 5.69 Å². The molecule has 2 aromatic heterocycles. The van der Waals surface area contributed by atoms with Gasteiger partial charge in [-0.25, -0.2) is 4.68 Å². The van der Waals surface area contributed by atoms with Crippen molar-refractivity contribution in [2.24, 2.45) is 0 Å². The molecule has 0 aliphatic heterocycles. The number of hydrogen-bond donors (Lipinski definition) is 1. The molecule has 1 fully saturated rings. The molecule has 31 heavy (non-hydrogen) atoms. The van der Waals surface area contributed by atoms with Crippen molar-refractivity contribution in [1.29, 1.82) is 0 Å². The first-order valence-electron chi connectivity index (χ1n) is 10.0. The zero-order valence-corrected chi connectivity index (χ0v) is 17.0. The molecule has 0 radical (unpaired) electrons. The van der Waals surface area contributed by atoms with E-state index in [-0.39, 0.29) is 16.6 Å². The summed E-state index contributed by atoms with van der Waals surface area (Å²) in [5.74, 6) is -0.0767. The molecule has 1 unspecified atom stereocenters. The molecule has 2 aliphatic rings. The fraction of sp³-hybridized carbons (Fsp3) is 0.318. The topological polar surface area (TPSA) is 59.8 Å². The van der Waals surface area contributed by atoms with Crippen molar-refractivity contribution in [3.63, 3.8) is 0 Å². The van der Waals surface area contributed by atoms with Crippen molar-refractivity contribution >= 4 is 17.5 Å². The number of carbonyl (C=O) groups is 1. The zero-order valence-electron chi connectivity index (χ0n) is 16.3. The van der Waals surface area contributed by atoms with E-state index in [1.807, 2.05) is 18.3 Å². The minimum absolute atomic E-state index is 0.121. The summed E-state index contributed by atoms with van der Waals surface area (Å²) >= 11 is 5.81. The fourth-order valence-corrected chi connectivity index (χ4v) is 4.17. The highest BCUT2D eigenvalue weighted by Gasteiger charge is 2.33. The molecule has 3 aromatic rings. The van der Waals surface area contributed by atoms with Gasteiger partial charge in [0.15, 0.2) is 0 Å². The van der Waals surface area contributed by atoms with E-state index in [9.17, 15) is 18.0 Å². The second-order valence-corrected chi connectivity index (χ2v) is 8.42. The van der Waals surface area contributed by atoms with Gasteiger partial charge >= 0.3 is 6.18 Å². The monoisotopic (exact) mass is 446 g/mol. The van der Waals surface area contributed by atoms with Crippen LogP contribution in [0.15, 0.2) is 42.7 Å². The summed E-state index contributed by atoms with van der Waals surface area (Å²) in [6.07, 6.45) is 2.69. The first-order valence-corrected chi connectivity index (χ1v) is 10.4. The van der Waals surface area contributed by atoms with Gasteiger partial charge in [0.05, 0.1) is 23.0 Å². The number of pyridine rings is 1. The fourth-order valence-electron chi connectivity index (χ4n) is 3.93. The third-order valence-electron chi connectivity index (χ3n) is 5.69. The first-order chi connectivity index (χ1) is 14.8. The summed E-state index contributed by atoms with van der Waals surface area (Å²) in [4.78, 5) is 17.1. The lowest BCUT2D eigenvalue weighted by molar-refractivity contribution is -0.137. The summed E-state index contributed by atoms with van der Waals surface area (Å²) < 4.78 is 40.9. The van der Waals surface area contributed by atoms with Crippen molar-refractivity contribution < 1.29 is 18.0 Å². The Labute approximate surface area is 181 Å². The van der Waals surface area contributed by atoms with Crippen LogP contribution < -0.4 is 5.32 Å². The lowest BCUT2D eigenvalue weighted by atomic mass is 10.1. The van der Waals surface area contributed by atoms with Crippen molar-refractivity contribution in [3.8, 4) is 5.69 Å². The number of hydrogen-bond acceptors (Lipinski definition) is 3. The Morgan fingerprint density at radius 2 is 1.97 bits per heavy atom. The predicted molar refractivity (Wildman–Crippen MR) is 108 cm³/mol. The lowest BCUT2D eigenvalue weighted by Gasteiger charge is -2.14. The van der Waals surface area contributed by atoms with Gasteiger partial charge < -0.3 is 5.32 Å². The second kappa shape index (κ2) is 7.37. The highest BCUT2D eigenvalue weighted by molar-refractivity contribution is 6.31. The van der Waals surface area contributed by atoms with E-state index >= 15 is 0 Å². The van der Waals surface area contributed by atoms with Gasteiger partial charge in [-0.2, -0.15) is 18.3 Å². The Bertz CT molecular complexity index is 1170. The van der Waals surface area contributed by atoms with Gasteiger partial charge in [-0.15, -0.1) is 0 Å². The van der Waals surface area contributed by atoms with Crippen LogP contribution >= 0.6 is 11.6 Å². The molecular weight excluding hydrogens is 429 g/mol. The van der Waals surface area contributed by atoms with Gasteiger partial charge in [0.2, 0.25) is 0 Å². The van der Waals surface area contributed by atoms with Crippen LogP contribution in [0.5, 0.6) is 0 Å². The number of rotatable bonds is 4. The molecule has 1 amide bonds. The Kier molecular flexibility index (Phi) is 4.77. The minimum Gasteiger partial charge on any atom is -0.345 e. The minimum atomic E-state index is -4.58. The number of benzene rings is 1. The Hall–Kier alpha value is -2.87. The van der Waals surface area contributed by atoms with Gasteiger partial charge in [0.1, 0.15) is 0 Å². The van der Waals surface area contributed by atoms with Crippen LogP contribution in [0.4, 0.5) is 13.2 Å².